The SMILES string of the molecule is CCN(CC)c1ccc(NC(=O)C2(C)CC(=O)N=C3C=CC=CN32)c(C)c1. The van der Waals surface area contributed by atoms with Crippen molar-refractivity contribution in [2.24, 2.45) is 4.99 Å². The molecule has 0 saturated heterocycles. The molecule has 1 unspecified atom stereocenters. The number of hydrogen-bond acceptors (Lipinski definition) is 4. The quantitative estimate of drug-likeness (QED) is 0.869. The molecule has 1 aromatic rings. The molecule has 0 aliphatic carbocycles. The minimum Gasteiger partial charge on any atom is -0.372 e. The van der Waals surface area contributed by atoms with E-state index < -0.39 is 5.54 Å². The summed E-state index contributed by atoms with van der Waals surface area (Å²) >= 11 is 0. The molecule has 27 heavy (non-hydrogen) atoms. The van der Waals surface area contributed by atoms with Gasteiger partial charge < -0.3 is 15.1 Å². The number of carbonyl (C=O) groups excluding carboxylic acids is 2. The summed E-state index contributed by atoms with van der Waals surface area (Å²) in [5, 5.41) is 3.01. The summed E-state index contributed by atoms with van der Waals surface area (Å²) in [6.07, 6.45) is 7.22. The van der Waals surface area contributed by atoms with E-state index in [1.165, 1.54) is 0 Å². The van der Waals surface area contributed by atoms with Crippen LogP contribution in [0.25, 0.3) is 0 Å². The van der Waals surface area contributed by atoms with Gasteiger partial charge in [-0.1, -0.05) is 6.08 Å². The molecule has 0 fully saturated rings. The van der Waals surface area contributed by atoms with E-state index in [2.05, 4.69) is 35.1 Å². The molecule has 0 aromatic heterocycles. The molecule has 142 valence electrons. The normalized spacial score (nSPS) is 21.0. The number of allylic oxidation sites excluding steroid dienone is 2. The highest BCUT2D eigenvalue weighted by Crippen LogP contribution is 2.30. The number of fused-ring (bicyclic) bond motifs is 1. The number of anilines is 2. The highest BCUT2D eigenvalue weighted by Gasteiger charge is 2.45. The first-order valence-corrected chi connectivity index (χ1v) is 9.31. The summed E-state index contributed by atoms with van der Waals surface area (Å²) < 4.78 is 0. The molecule has 6 nitrogen and oxygen atoms in total. The fraction of sp³-hybridized carbons (Fsp3) is 0.381. The molecule has 0 saturated carbocycles. The Bertz CT molecular complexity index is 852. The van der Waals surface area contributed by atoms with E-state index >= 15 is 0 Å². The Balaban J connectivity index is 1.85. The van der Waals surface area contributed by atoms with E-state index in [0.29, 0.717) is 5.84 Å². The molecule has 2 aliphatic rings. The summed E-state index contributed by atoms with van der Waals surface area (Å²) in [7, 11) is 0. The number of aliphatic imine (C=N–C) groups is 1. The zero-order chi connectivity index (χ0) is 19.6. The minimum atomic E-state index is -1.01. The summed E-state index contributed by atoms with van der Waals surface area (Å²) in [5.74, 6) is -0.00524. The lowest BCUT2D eigenvalue weighted by Gasteiger charge is -2.41. The van der Waals surface area contributed by atoms with Crippen LogP contribution in [0.1, 0.15) is 32.8 Å². The third-order valence-corrected chi connectivity index (χ3v) is 5.18. The van der Waals surface area contributed by atoms with E-state index in [1.54, 1.807) is 24.1 Å². The Morgan fingerprint density at radius 1 is 1.30 bits per heavy atom. The topological polar surface area (TPSA) is 65.0 Å². The van der Waals surface area contributed by atoms with E-state index in [-0.39, 0.29) is 18.2 Å². The Kier molecular flexibility index (Phi) is 5.17. The molecule has 0 spiro atoms. The number of aryl methyl sites for hydroxylation is 1. The Labute approximate surface area is 160 Å². The average Bonchev–Trinajstić information content (AvgIpc) is 2.64. The lowest BCUT2D eigenvalue weighted by Crippen LogP contribution is -2.58. The van der Waals surface area contributed by atoms with Gasteiger partial charge in [-0.2, -0.15) is 4.99 Å². The lowest BCUT2D eigenvalue weighted by atomic mass is 9.91. The second kappa shape index (κ2) is 7.39. The van der Waals surface area contributed by atoms with Gasteiger partial charge in [-0.3, -0.25) is 9.59 Å². The van der Waals surface area contributed by atoms with Gasteiger partial charge in [0.25, 0.3) is 11.8 Å². The van der Waals surface area contributed by atoms with Gasteiger partial charge in [0.05, 0.1) is 6.42 Å². The van der Waals surface area contributed by atoms with Gasteiger partial charge >= 0.3 is 0 Å². The fourth-order valence-corrected chi connectivity index (χ4v) is 3.51. The van der Waals surface area contributed by atoms with Crippen LogP contribution in [0, 0.1) is 6.92 Å². The van der Waals surface area contributed by atoms with Gasteiger partial charge in [0.15, 0.2) is 0 Å². The van der Waals surface area contributed by atoms with Crippen LogP contribution in [-0.2, 0) is 9.59 Å². The molecular weight excluding hydrogens is 340 g/mol. The summed E-state index contributed by atoms with van der Waals surface area (Å²) in [5.41, 5.74) is 1.86. The van der Waals surface area contributed by atoms with Crippen LogP contribution in [0.15, 0.2) is 47.6 Å². The third-order valence-electron chi connectivity index (χ3n) is 5.18. The van der Waals surface area contributed by atoms with Crippen molar-refractivity contribution >= 4 is 29.0 Å². The van der Waals surface area contributed by atoms with Gasteiger partial charge in [-0.25, -0.2) is 0 Å². The van der Waals surface area contributed by atoms with E-state index in [4.69, 9.17) is 0 Å². The molecule has 2 heterocycles. The van der Waals surface area contributed by atoms with E-state index in [1.807, 2.05) is 31.2 Å². The smallest absolute Gasteiger partial charge is 0.250 e. The number of benzene rings is 1. The highest BCUT2D eigenvalue weighted by molar-refractivity contribution is 6.12. The molecule has 0 bridgehead atoms. The maximum absolute atomic E-state index is 13.1. The molecule has 1 aromatic carbocycles. The molecule has 0 radical (unpaired) electrons. The Morgan fingerprint density at radius 3 is 2.70 bits per heavy atom. The number of amides is 2. The molecule has 3 rings (SSSR count). The number of carbonyl (C=O) groups is 2. The second-order valence-corrected chi connectivity index (χ2v) is 7.01. The largest absolute Gasteiger partial charge is 0.372 e. The zero-order valence-corrected chi connectivity index (χ0v) is 16.3. The molecule has 1 N–H and O–H groups in total. The van der Waals surface area contributed by atoms with E-state index in [0.717, 1.165) is 30.0 Å². The summed E-state index contributed by atoms with van der Waals surface area (Å²) in [6.45, 7) is 9.85. The van der Waals surface area contributed by atoms with Crippen LogP contribution in [0.4, 0.5) is 11.4 Å². The predicted molar refractivity (Wildman–Crippen MR) is 109 cm³/mol. The van der Waals surface area contributed by atoms with Crippen molar-refractivity contribution < 1.29 is 9.59 Å². The number of rotatable bonds is 5. The van der Waals surface area contributed by atoms with Crippen molar-refractivity contribution in [1.29, 1.82) is 0 Å². The highest BCUT2D eigenvalue weighted by atomic mass is 16.2. The molecular formula is C21H26N4O2. The summed E-state index contributed by atoms with van der Waals surface area (Å²) in [4.78, 5) is 33.3. The number of hydrogen-bond donors (Lipinski definition) is 1. The molecule has 2 aliphatic heterocycles. The first-order chi connectivity index (χ1) is 12.9. The number of nitrogens with one attached hydrogen (secondary N) is 1. The van der Waals surface area contributed by atoms with Gasteiger partial charge in [0.1, 0.15) is 11.4 Å². The fourth-order valence-electron chi connectivity index (χ4n) is 3.51. The Hall–Kier alpha value is -2.89. The maximum atomic E-state index is 13.1. The standard InChI is InChI=1S/C21H26N4O2/c1-5-24(6-2)16-10-11-17(15(3)13-16)22-20(27)21(4)14-19(26)23-18-9-7-8-12-25(18)21/h7-13H,5-6,14H2,1-4H3,(H,22,27). The molecule has 1 atom stereocenters. The van der Waals surface area contributed by atoms with Crippen LogP contribution in [0.5, 0.6) is 0 Å². The first kappa shape index (κ1) is 18.9. The third kappa shape index (κ3) is 3.52. The number of amidine groups is 1. The van der Waals surface area contributed by atoms with Gasteiger partial charge in [-0.05, 0) is 63.6 Å². The molecule has 6 heteroatoms. The van der Waals surface area contributed by atoms with Crippen molar-refractivity contribution in [2.45, 2.75) is 39.7 Å². The van der Waals surface area contributed by atoms with Gasteiger partial charge in [0.2, 0.25) is 0 Å². The second-order valence-electron chi connectivity index (χ2n) is 7.01. The Morgan fingerprint density at radius 2 is 2.04 bits per heavy atom. The van der Waals surface area contributed by atoms with Crippen molar-refractivity contribution in [3.63, 3.8) is 0 Å². The zero-order valence-electron chi connectivity index (χ0n) is 16.3. The van der Waals surface area contributed by atoms with Crippen molar-refractivity contribution in [1.82, 2.24) is 4.90 Å². The van der Waals surface area contributed by atoms with Crippen LogP contribution in [0.2, 0.25) is 0 Å². The van der Waals surface area contributed by atoms with Gasteiger partial charge in [-0.15, -0.1) is 0 Å². The predicted octanol–water partition coefficient (Wildman–Crippen LogP) is 3.25. The number of nitrogens with zero attached hydrogens (tertiary/aromatic N) is 3. The minimum absolute atomic E-state index is 0.0388. The average molecular weight is 366 g/mol. The van der Waals surface area contributed by atoms with Crippen molar-refractivity contribution in [2.75, 3.05) is 23.3 Å². The first-order valence-electron chi connectivity index (χ1n) is 9.31. The van der Waals surface area contributed by atoms with Crippen LogP contribution in [0.3, 0.4) is 0 Å². The monoisotopic (exact) mass is 366 g/mol. The molecule has 2 amide bonds. The van der Waals surface area contributed by atoms with Crippen LogP contribution in [-0.4, -0.2) is 41.2 Å². The maximum Gasteiger partial charge on any atom is 0.250 e. The van der Waals surface area contributed by atoms with Crippen LogP contribution < -0.4 is 10.2 Å². The summed E-state index contributed by atoms with van der Waals surface area (Å²) in [6, 6.07) is 6.02. The van der Waals surface area contributed by atoms with Gasteiger partial charge in [0, 0.05) is 30.7 Å². The van der Waals surface area contributed by atoms with E-state index in [9.17, 15) is 9.59 Å². The lowest BCUT2D eigenvalue weighted by molar-refractivity contribution is -0.130. The van der Waals surface area contributed by atoms with Crippen molar-refractivity contribution in [3.8, 4) is 0 Å². The van der Waals surface area contributed by atoms with Crippen LogP contribution >= 0.6 is 0 Å². The van der Waals surface area contributed by atoms with Crippen molar-refractivity contribution in [3.05, 3.63) is 48.2 Å².